The number of fused-ring (bicyclic) bond motifs is 3. The summed E-state index contributed by atoms with van der Waals surface area (Å²) in [5.41, 5.74) is 1.11. The Morgan fingerprint density at radius 1 is 1.42 bits per heavy atom. The smallest absolute Gasteiger partial charge is 0.424 e. The van der Waals surface area contributed by atoms with Crippen molar-refractivity contribution in [3.8, 4) is 11.4 Å². The van der Waals surface area contributed by atoms with Crippen LogP contribution in [0.1, 0.15) is 5.82 Å². The summed E-state index contributed by atoms with van der Waals surface area (Å²) < 4.78 is 33.5. The first-order chi connectivity index (χ1) is 9.12. The fourth-order valence-electron chi connectivity index (χ4n) is 2.00. The second-order valence-electron chi connectivity index (χ2n) is 4.07. The number of aliphatic hydroxyl groups is 1. The highest BCUT2D eigenvalue weighted by molar-refractivity contribution is 5.59. The lowest BCUT2D eigenvalue weighted by Crippen LogP contribution is -2.30. The second kappa shape index (κ2) is 4.20. The molecule has 19 heavy (non-hydrogen) atoms. The van der Waals surface area contributed by atoms with Crippen molar-refractivity contribution in [2.75, 3.05) is 18.5 Å². The Bertz CT molecular complexity index is 613. The van der Waals surface area contributed by atoms with Crippen molar-refractivity contribution in [1.82, 2.24) is 9.55 Å². The van der Waals surface area contributed by atoms with E-state index in [0.29, 0.717) is 17.9 Å². The maximum Gasteiger partial charge on any atom is 0.461 e. The number of halogens is 2. The van der Waals surface area contributed by atoms with Gasteiger partial charge in [0.05, 0.1) is 12.3 Å². The number of anilines is 1. The van der Waals surface area contributed by atoms with Crippen LogP contribution in [-0.4, -0.2) is 27.8 Å². The standard InChI is InChI=1S/C12H11F2N3O2/c13-12(14)11-16-3-5-17(11)9-2-1-8(15-4-6-18)7-10(9)19-12/h1-3,5,7,15,18H,4,6H2. The Kier molecular flexibility index (Phi) is 2.63. The number of alkyl halides is 2. The molecule has 1 aromatic heterocycles. The minimum atomic E-state index is -3.45. The zero-order valence-electron chi connectivity index (χ0n) is 9.81. The van der Waals surface area contributed by atoms with Crippen LogP contribution in [0.3, 0.4) is 0 Å². The van der Waals surface area contributed by atoms with Gasteiger partial charge in [0.1, 0.15) is 0 Å². The Morgan fingerprint density at radius 2 is 2.26 bits per heavy atom. The second-order valence-corrected chi connectivity index (χ2v) is 4.07. The van der Waals surface area contributed by atoms with E-state index in [-0.39, 0.29) is 12.4 Å². The van der Waals surface area contributed by atoms with Crippen LogP contribution in [0.25, 0.3) is 5.69 Å². The quantitative estimate of drug-likeness (QED) is 0.889. The highest BCUT2D eigenvalue weighted by Crippen LogP contribution is 2.41. The minimum Gasteiger partial charge on any atom is -0.424 e. The molecule has 0 atom stereocenters. The van der Waals surface area contributed by atoms with Crippen molar-refractivity contribution >= 4 is 5.69 Å². The van der Waals surface area contributed by atoms with Gasteiger partial charge < -0.3 is 15.2 Å². The molecule has 100 valence electrons. The SMILES string of the molecule is OCCNc1ccc2c(c1)OC(F)(F)c1nccn1-2. The molecule has 3 rings (SSSR count). The molecule has 1 aliphatic heterocycles. The molecular weight excluding hydrogens is 256 g/mol. The Balaban J connectivity index is 2.04. The van der Waals surface area contributed by atoms with Gasteiger partial charge in [-0.1, -0.05) is 0 Å². The summed E-state index contributed by atoms with van der Waals surface area (Å²) in [5, 5.41) is 11.6. The third-order valence-corrected chi connectivity index (χ3v) is 2.80. The van der Waals surface area contributed by atoms with Crippen molar-refractivity contribution in [2.24, 2.45) is 0 Å². The Morgan fingerprint density at radius 3 is 3.05 bits per heavy atom. The number of nitrogens with one attached hydrogen (secondary N) is 1. The maximum absolute atomic E-state index is 13.7. The van der Waals surface area contributed by atoms with Gasteiger partial charge in [-0.05, 0) is 12.1 Å². The number of imidazole rings is 1. The van der Waals surface area contributed by atoms with E-state index in [1.807, 2.05) is 0 Å². The monoisotopic (exact) mass is 267 g/mol. The number of nitrogens with zero attached hydrogens (tertiary/aromatic N) is 2. The van der Waals surface area contributed by atoms with E-state index in [1.165, 1.54) is 23.0 Å². The molecule has 0 aliphatic carbocycles. The molecule has 5 nitrogen and oxygen atoms in total. The molecule has 0 saturated heterocycles. The number of aliphatic hydroxyl groups excluding tert-OH is 1. The van der Waals surface area contributed by atoms with Crippen molar-refractivity contribution < 1.29 is 18.6 Å². The summed E-state index contributed by atoms with van der Waals surface area (Å²) in [6.45, 7) is 0.297. The zero-order valence-corrected chi connectivity index (χ0v) is 9.81. The van der Waals surface area contributed by atoms with Crippen molar-refractivity contribution in [2.45, 2.75) is 6.11 Å². The molecule has 1 aliphatic rings. The zero-order chi connectivity index (χ0) is 13.5. The van der Waals surface area contributed by atoms with Crippen LogP contribution < -0.4 is 10.1 Å². The topological polar surface area (TPSA) is 59.3 Å². The van der Waals surface area contributed by atoms with Crippen molar-refractivity contribution in [3.05, 3.63) is 36.4 Å². The van der Waals surface area contributed by atoms with Gasteiger partial charge >= 0.3 is 6.11 Å². The summed E-state index contributed by atoms with van der Waals surface area (Å²) in [7, 11) is 0. The third kappa shape index (κ3) is 1.91. The molecule has 0 radical (unpaired) electrons. The van der Waals surface area contributed by atoms with Crippen LogP contribution in [-0.2, 0) is 6.11 Å². The molecule has 2 N–H and O–H groups in total. The van der Waals surface area contributed by atoms with E-state index < -0.39 is 11.9 Å². The number of ether oxygens (including phenoxy) is 1. The largest absolute Gasteiger partial charge is 0.461 e. The lowest BCUT2D eigenvalue weighted by atomic mass is 10.2. The molecule has 2 heterocycles. The maximum atomic E-state index is 13.7. The first-order valence-corrected chi connectivity index (χ1v) is 5.71. The first kappa shape index (κ1) is 11.9. The fraction of sp³-hybridized carbons (Fsp3) is 0.250. The molecule has 7 heteroatoms. The predicted molar refractivity (Wildman–Crippen MR) is 63.7 cm³/mol. The van der Waals surface area contributed by atoms with Crippen LogP contribution in [0.4, 0.5) is 14.5 Å². The van der Waals surface area contributed by atoms with Gasteiger partial charge in [-0.25, -0.2) is 4.98 Å². The van der Waals surface area contributed by atoms with Gasteiger partial charge in [-0.15, -0.1) is 0 Å². The van der Waals surface area contributed by atoms with E-state index in [9.17, 15) is 8.78 Å². The highest BCUT2D eigenvalue weighted by Gasteiger charge is 2.44. The molecule has 0 fully saturated rings. The number of benzene rings is 1. The average molecular weight is 267 g/mol. The van der Waals surface area contributed by atoms with E-state index in [2.05, 4.69) is 10.3 Å². The van der Waals surface area contributed by atoms with Gasteiger partial charge in [-0.3, -0.25) is 4.57 Å². The van der Waals surface area contributed by atoms with Gasteiger partial charge in [0, 0.05) is 30.7 Å². The van der Waals surface area contributed by atoms with Crippen LogP contribution in [0, 0.1) is 0 Å². The molecule has 2 aromatic rings. The summed E-state index contributed by atoms with van der Waals surface area (Å²) in [4.78, 5) is 3.62. The van der Waals surface area contributed by atoms with Gasteiger partial charge in [0.2, 0.25) is 5.82 Å². The van der Waals surface area contributed by atoms with E-state index in [0.717, 1.165) is 0 Å². The van der Waals surface area contributed by atoms with Gasteiger partial charge in [0.15, 0.2) is 5.75 Å². The Hall–Kier alpha value is -2.15. The lowest BCUT2D eigenvalue weighted by Gasteiger charge is -2.26. The normalized spacial score (nSPS) is 15.3. The summed E-state index contributed by atoms with van der Waals surface area (Å²) >= 11 is 0. The van der Waals surface area contributed by atoms with Crippen LogP contribution in [0.2, 0.25) is 0 Å². The Labute approximate surface area is 107 Å². The van der Waals surface area contributed by atoms with Gasteiger partial charge in [-0.2, -0.15) is 8.78 Å². The highest BCUT2D eigenvalue weighted by atomic mass is 19.3. The fourth-order valence-corrected chi connectivity index (χ4v) is 2.00. The van der Waals surface area contributed by atoms with Crippen molar-refractivity contribution in [1.29, 1.82) is 0 Å². The van der Waals surface area contributed by atoms with Crippen LogP contribution in [0.15, 0.2) is 30.6 Å². The number of hydrogen-bond acceptors (Lipinski definition) is 4. The summed E-state index contributed by atoms with van der Waals surface area (Å²) in [5.74, 6) is -0.366. The number of rotatable bonds is 3. The number of hydrogen-bond donors (Lipinski definition) is 2. The third-order valence-electron chi connectivity index (χ3n) is 2.80. The van der Waals surface area contributed by atoms with Gasteiger partial charge in [0.25, 0.3) is 0 Å². The van der Waals surface area contributed by atoms with Crippen molar-refractivity contribution in [3.63, 3.8) is 0 Å². The van der Waals surface area contributed by atoms with E-state index in [1.54, 1.807) is 12.1 Å². The number of aromatic nitrogens is 2. The molecule has 0 amide bonds. The minimum absolute atomic E-state index is 0.0419. The van der Waals surface area contributed by atoms with Crippen LogP contribution in [0.5, 0.6) is 5.75 Å². The molecule has 0 unspecified atom stereocenters. The molecular formula is C12H11F2N3O2. The summed E-state index contributed by atoms with van der Waals surface area (Å²) in [6, 6.07) is 4.86. The average Bonchev–Trinajstić information content (AvgIpc) is 2.86. The lowest BCUT2D eigenvalue weighted by molar-refractivity contribution is -0.197. The molecule has 1 aromatic carbocycles. The molecule has 0 spiro atoms. The first-order valence-electron chi connectivity index (χ1n) is 5.71. The van der Waals surface area contributed by atoms with E-state index >= 15 is 0 Å². The molecule has 0 saturated carbocycles. The van der Waals surface area contributed by atoms with Crippen LogP contribution >= 0.6 is 0 Å². The predicted octanol–water partition coefficient (Wildman–Crippen LogP) is 1.72. The summed E-state index contributed by atoms with van der Waals surface area (Å²) in [6.07, 6.45) is -0.683. The van der Waals surface area contributed by atoms with E-state index in [4.69, 9.17) is 9.84 Å². The molecule has 0 bridgehead atoms.